The minimum atomic E-state index is -0.0126. The van der Waals surface area contributed by atoms with E-state index in [2.05, 4.69) is 29.5 Å². The molecule has 0 spiro atoms. The third-order valence-corrected chi connectivity index (χ3v) is 4.41. The Hall–Kier alpha value is -1.95. The molecule has 0 saturated carbocycles. The van der Waals surface area contributed by atoms with Crippen molar-refractivity contribution in [3.8, 4) is 11.5 Å². The summed E-state index contributed by atoms with van der Waals surface area (Å²) in [6, 6.07) is 7.79. The lowest BCUT2D eigenvalue weighted by molar-refractivity contribution is 0.0936. The third-order valence-electron chi connectivity index (χ3n) is 4.41. The maximum atomic E-state index is 5.98. The van der Waals surface area contributed by atoms with Gasteiger partial charge >= 0.3 is 0 Å². The summed E-state index contributed by atoms with van der Waals surface area (Å²) in [5.41, 5.74) is 0. The van der Waals surface area contributed by atoms with E-state index in [1.54, 1.807) is 0 Å². The van der Waals surface area contributed by atoms with Crippen LogP contribution < -0.4 is 20.1 Å². The Morgan fingerprint density at radius 1 is 1.29 bits per heavy atom. The molecule has 2 heterocycles. The fourth-order valence-corrected chi connectivity index (χ4v) is 3.11. The Morgan fingerprint density at radius 3 is 2.88 bits per heavy atom. The zero-order chi connectivity index (χ0) is 16.8. The van der Waals surface area contributed by atoms with Gasteiger partial charge in [0, 0.05) is 19.6 Å². The number of likely N-dealkylation sites (tertiary alicyclic amines) is 1. The Labute approximate surface area is 144 Å². The van der Waals surface area contributed by atoms with Gasteiger partial charge in [0.25, 0.3) is 0 Å². The van der Waals surface area contributed by atoms with Crippen LogP contribution in [0.2, 0.25) is 0 Å². The van der Waals surface area contributed by atoms with Gasteiger partial charge in [-0.15, -0.1) is 0 Å². The number of nitrogens with one attached hydrogen (secondary N) is 2. The van der Waals surface area contributed by atoms with Gasteiger partial charge in [0.2, 0.25) is 0 Å². The monoisotopic (exact) mass is 332 g/mol. The molecule has 6 heteroatoms. The number of hydrogen-bond acceptors (Lipinski definition) is 4. The third kappa shape index (κ3) is 4.54. The van der Waals surface area contributed by atoms with Gasteiger partial charge in [-0.1, -0.05) is 12.1 Å². The van der Waals surface area contributed by atoms with Crippen molar-refractivity contribution in [1.29, 1.82) is 0 Å². The summed E-state index contributed by atoms with van der Waals surface area (Å²) in [6.45, 7) is 7.33. The second-order valence-electron chi connectivity index (χ2n) is 6.52. The lowest BCUT2D eigenvalue weighted by atomic mass is 10.1. The van der Waals surface area contributed by atoms with Crippen LogP contribution in [-0.4, -0.2) is 63.3 Å². The van der Waals surface area contributed by atoms with Crippen LogP contribution in [0.3, 0.4) is 0 Å². The molecule has 2 N–H and O–H groups in total. The first kappa shape index (κ1) is 16.9. The lowest BCUT2D eigenvalue weighted by Gasteiger charge is -2.27. The van der Waals surface area contributed by atoms with E-state index in [0.717, 1.165) is 37.1 Å². The molecule has 2 atom stereocenters. The van der Waals surface area contributed by atoms with E-state index in [9.17, 15) is 0 Å². The minimum absolute atomic E-state index is 0.0126. The molecule has 1 saturated heterocycles. The normalized spacial score (nSPS) is 24.0. The van der Waals surface area contributed by atoms with Crippen LogP contribution in [0, 0.1) is 5.92 Å². The summed E-state index contributed by atoms with van der Waals surface area (Å²) in [4.78, 5) is 7.10. The number of ether oxygens (including phenoxy) is 2. The quantitative estimate of drug-likeness (QED) is 0.629. The molecule has 0 radical (unpaired) electrons. The highest BCUT2D eigenvalue weighted by Gasteiger charge is 2.21. The van der Waals surface area contributed by atoms with Gasteiger partial charge in [0.1, 0.15) is 12.7 Å². The van der Waals surface area contributed by atoms with Crippen molar-refractivity contribution < 1.29 is 9.47 Å². The molecule has 1 aromatic rings. The summed E-state index contributed by atoms with van der Waals surface area (Å²) in [7, 11) is 2.17. The fraction of sp³-hybridized carbons (Fsp3) is 0.611. The topological polar surface area (TPSA) is 58.1 Å². The largest absolute Gasteiger partial charge is 0.486 e. The number of nitrogens with zero attached hydrogens (tertiary/aromatic N) is 2. The highest BCUT2D eigenvalue weighted by molar-refractivity contribution is 5.79. The first-order chi connectivity index (χ1) is 11.7. The van der Waals surface area contributed by atoms with Gasteiger partial charge in [-0.2, -0.15) is 0 Å². The molecule has 132 valence electrons. The van der Waals surface area contributed by atoms with Crippen LogP contribution in [0.1, 0.15) is 13.3 Å². The predicted molar refractivity (Wildman–Crippen MR) is 95.9 cm³/mol. The Morgan fingerprint density at radius 2 is 2.12 bits per heavy atom. The predicted octanol–water partition coefficient (Wildman–Crippen LogP) is 1.33. The Balaban J connectivity index is 1.49. The van der Waals surface area contributed by atoms with Gasteiger partial charge in [-0.25, -0.2) is 0 Å². The van der Waals surface area contributed by atoms with Crippen molar-refractivity contribution in [1.82, 2.24) is 15.5 Å². The Kier molecular flexibility index (Phi) is 5.80. The van der Waals surface area contributed by atoms with Gasteiger partial charge < -0.3 is 25.0 Å². The van der Waals surface area contributed by atoms with Crippen LogP contribution in [0.15, 0.2) is 29.3 Å². The summed E-state index contributed by atoms with van der Waals surface area (Å²) in [6.07, 6.45) is 1.22. The summed E-state index contributed by atoms with van der Waals surface area (Å²) in [5.74, 6) is 3.15. The number of hydrogen-bond donors (Lipinski definition) is 2. The Bertz CT molecular complexity index is 564. The van der Waals surface area contributed by atoms with Crippen LogP contribution in [0.5, 0.6) is 11.5 Å². The summed E-state index contributed by atoms with van der Waals surface area (Å²) < 4.78 is 11.7. The summed E-state index contributed by atoms with van der Waals surface area (Å²) in [5, 5.41) is 6.68. The second kappa shape index (κ2) is 8.24. The second-order valence-corrected chi connectivity index (χ2v) is 6.52. The molecule has 3 rings (SSSR count). The molecule has 1 fully saturated rings. The van der Waals surface area contributed by atoms with Crippen molar-refractivity contribution in [3.63, 3.8) is 0 Å². The van der Waals surface area contributed by atoms with Crippen molar-refractivity contribution in [3.05, 3.63) is 24.3 Å². The van der Waals surface area contributed by atoms with Crippen molar-refractivity contribution in [2.45, 2.75) is 19.4 Å². The molecule has 2 aliphatic rings. The lowest BCUT2D eigenvalue weighted by Crippen LogP contribution is -2.45. The van der Waals surface area contributed by atoms with E-state index >= 15 is 0 Å². The van der Waals surface area contributed by atoms with E-state index in [1.165, 1.54) is 13.0 Å². The molecule has 2 aliphatic heterocycles. The zero-order valence-electron chi connectivity index (χ0n) is 14.6. The van der Waals surface area contributed by atoms with E-state index < -0.39 is 0 Å². The average Bonchev–Trinajstić information content (AvgIpc) is 3.02. The van der Waals surface area contributed by atoms with Gasteiger partial charge in [-0.05, 0) is 45.0 Å². The number of benzene rings is 1. The fourth-order valence-electron chi connectivity index (χ4n) is 3.11. The van der Waals surface area contributed by atoms with Gasteiger partial charge in [0.15, 0.2) is 17.5 Å². The smallest absolute Gasteiger partial charge is 0.191 e. The summed E-state index contributed by atoms with van der Waals surface area (Å²) >= 11 is 0. The SMILES string of the molecule is CCNC(=NCC1CCN(C)C1)NCC1COc2ccccc2O1. The molecule has 0 aromatic heterocycles. The minimum Gasteiger partial charge on any atom is -0.486 e. The van der Waals surface area contributed by atoms with Crippen LogP contribution in [0.25, 0.3) is 0 Å². The number of aliphatic imine (C=N–C) groups is 1. The molecular weight excluding hydrogens is 304 g/mol. The number of rotatable bonds is 5. The van der Waals surface area contributed by atoms with Crippen molar-refractivity contribution in [2.24, 2.45) is 10.9 Å². The molecule has 0 amide bonds. The van der Waals surface area contributed by atoms with E-state index in [1.807, 2.05) is 24.3 Å². The van der Waals surface area contributed by atoms with Crippen molar-refractivity contribution in [2.75, 3.05) is 46.4 Å². The van der Waals surface area contributed by atoms with E-state index in [4.69, 9.17) is 14.5 Å². The van der Waals surface area contributed by atoms with E-state index in [-0.39, 0.29) is 6.10 Å². The van der Waals surface area contributed by atoms with Gasteiger partial charge in [0.05, 0.1) is 6.54 Å². The van der Waals surface area contributed by atoms with Crippen molar-refractivity contribution >= 4 is 5.96 Å². The molecule has 2 unspecified atom stereocenters. The van der Waals surface area contributed by atoms with Crippen LogP contribution in [-0.2, 0) is 0 Å². The van der Waals surface area contributed by atoms with Crippen LogP contribution >= 0.6 is 0 Å². The molecule has 0 bridgehead atoms. The molecule has 0 aliphatic carbocycles. The zero-order valence-corrected chi connectivity index (χ0v) is 14.6. The maximum Gasteiger partial charge on any atom is 0.191 e. The number of fused-ring (bicyclic) bond motifs is 1. The molecule has 1 aromatic carbocycles. The number of para-hydroxylation sites is 2. The van der Waals surface area contributed by atoms with E-state index in [0.29, 0.717) is 19.1 Å². The number of guanidine groups is 1. The first-order valence-electron chi connectivity index (χ1n) is 8.83. The molecule has 6 nitrogen and oxygen atoms in total. The molecule has 24 heavy (non-hydrogen) atoms. The average molecular weight is 332 g/mol. The maximum absolute atomic E-state index is 5.98. The highest BCUT2D eigenvalue weighted by Crippen LogP contribution is 2.30. The van der Waals surface area contributed by atoms with Gasteiger partial charge in [-0.3, -0.25) is 4.99 Å². The highest BCUT2D eigenvalue weighted by atomic mass is 16.6. The standard InChI is InChI=1S/C18H28N4O2/c1-3-19-18(20-10-14-8-9-22(2)12-14)21-11-15-13-23-16-6-4-5-7-17(16)24-15/h4-7,14-15H,3,8-13H2,1-2H3,(H2,19,20,21). The van der Waals surface area contributed by atoms with Crippen LogP contribution in [0.4, 0.5) is 0 Å². The molecular formula is C18H28N4O2. The first-order valence-corrected chi connectivity index (χ1v) is 8.83.